The van der Waals surface area contributed by atoms with Gasteiger partial charge in [0.05, 0.1) is 11.2 Å². The minimum atomic E-state index is 0.996. The number of rotatable bonds is 5. The van der Waals surface area contributed by atoms with Crippen molar-refractivity contribution in [2.75, 3.05) is 0 Å². The molecule has 56 heavy (non-hydrogen) atoms. The molecule has 3 nitrogen and oxygen atoms in total. The van der Waals surface area contributed by atoms with Crippen LogP contribution in [0.25, 0.3) is 110 Å². The van der Waals surface area contributed by atoms with Gasteiger partial charge in [0.1, 0.15) is 0 Å². The van der Waals surface area contributed by atoms with E-state index in [1.165, 1.54) is 54.4 Å². The second kappa shape index (κ2) is 13.1. The highest BCUT2D eigenvalue weighted by Gasteiger charge is 2.21. The van der Waals surface area contributed by atoms with Crippen molar-refractivity contribution in [1.82, 2.24) is 15.0 Å². The second-order valence-corrected chi connectivity index (χ2v) is 14.4. The van der Waals surface area contributed by atoms with Gasteiger partial charge in [-0.25, -0.2) is 4.98 Å². The molecule has 0 saturated carbocycles. The fourth-order valence-corrected chi connectivity index (χ4v) is 8.74. The van der Waals surface area contributed by atoms with Crippen molar-refractivity contribution in [3.05, 3.63) is 201 Å². The summed E-state index contributed by atoms with van der Waals surface area (Å²) in [5, 5.41) is 10.8. The number of benzene rings is 8. The summed E-state index contributed by atoms with van der Waals surface area (Å²) in [4.78, 5) is 14.2. The van der Waals surface area contributed by atoms with Gasteiger partial charge in [-0.1, -0.05) is 140 Å². The molecule has 3 heteroatoms. The molecule has 260 valence electrons. The summed E-state index contributed by atoms with van der Waals surface area (Å²) >= 11 is 0. The lowest BCUT2D eigenvalue weighted by Gasteiger charge is -2.20. The molecule has 0 aliphatic carbocycles. The summed E-state index contributed by atoms with van der Waals surface area (Å²) < 4.78 is 0. The van der Waals surface area contributed by atoms with Crippen LogP contribution in [-0.2, 0) is 0 Å². The van der Waals surface area contributed by atoms with Crippen molar-refractivity contribution in [1.29, 1.82) is 0 Å². The van der Waals surface area contributed by atoms with E-state index < -0.39 is 0 Å². The largest absolute Gasteiger partial charge is 0.264 e. The number of hydrogen-bond acceptors (Lipinski definition) is 3. The Morgan fingerprint density at radius 1 is 0.304 bits per heavy atom. The van der Waals surface area contributed by atoms with Crippen molar-refractivity contribution in [3.63, 3.8) is 0 Å². The highest BCUT2D eigenvalue weighted by molar-refractivity contribution is 6.28. The Balaban J connectivity index is 1.22. The van der Waals surface area contributed by atoms with Gasteiger partial charge in [0, 0.05) is 57.6 Å². The summed E-state index contributed by atoms with van der Waals surface area (Å²) in [6.45, 7) is 0. The van der Waals surface area contributed by atoms with E-state index in [0.717, 1.165) is 55.4 Å². The maximum atomic E-state index is 5.23. The molecule has 0 amide bonds. The van der Waals surface area contributed by atoms with Gasteiger partial charge in [-0.15, -0.1) is 0 Å². The standard InChI is InChI=1S/C53H33N3/c1-2-13-34(14-3-1)53-48-26-25-40-41(22-10-23-42(40)52(48)47-21-8-9-24-49(47)56-53)51-45-19-6-4-17-43(45)50(44-18-5-7-20-46(44)51)39-30-37(35-15-11-27-54-32-35)29-38(31-39)36-16-12-28-55-33-36/h1-33H. The molecule has 11 rings (SSSR count). The first-order valence-corrected chi connectivity index (χ1v) is 19.0. The van der Waals surface area contributed by atoms with E-state index in [0.29, 0.717) is 0 Å². The zero-order chi connectivity index (χ0) is 37.0. The maximum Gasteiger partial charge on any atom is 0.0788 e. The Bertz CT molecular complexity index is 3170. The van der Waals surface area contributed by atoms with E-state index in [1.807, 2.05) is 36.9 Å². The van der Waals surface area contributed by atoms with Crippen LogP contribution in [0.4, 0.5) is 0 Å². The summed E-state index contributed by atoms with van der Waals surface area (Å²) in [6, 6.07) is 63.5. The van der Waals surface area contributed by atoms with E-state index in [-0.39, 0.29) is 0 Å². The first kappa shape index (κ1) is 32.0. The van der Waals surface area contributed by atoms with E-state index in [4.69, 9.17) is 4.98 Å². The smallest absolute Gasteiger partial charge is 0.0788 e. The maximum absolute atomic E-state index is 5.23. The van der Waals surface area contributed by atoms with E-state index >= 15 is 0 Å². The van der Waals surface area contributed by atoms with Crippen LogP contribution in [0.3, 0.4) is 0 Å². The molecule has 0 N–H and O–H groups in total. The van der Waals surface area contributed by atoms with Crippen molar-refractivity contribution in [2.45, 2.75) is 0 Å². The van der Waals surface area contributed by atoms with Crippen LogP contribution in [0.1, 0.15) is 0 Å². The quantitative estimate of drug-likeness (QED) is 0.132. The van der Waals surface area contributed by atoms with Crippen LogP contribution in [-0.4, -0.2) is 15.0 Å². The molecule has 0 aliphatic rings. The Morgan fingerprint density at radius 2 is 0.821 bits per heavy atom. The SMILES string of the molecule is c1ccc(-c2nc3ccccc3c3c2ccc2c(-c4c5ccccc5c(-c5cc(-c6cccnc6)cc(-c6cccnc6)c5)c5ccccc45)cccc23)cc1. The number of fused-ring (bicyclic) bond motifs is 7. The van der Waals surface area contributed by atoms with Crippen LogP contribution in [0.15, 0.2) is 201 Å². The van der Waals surface area contributed by atoms with Crippen LogP contribution in [0, 0.1) is 0 Å². The Morgan fingerprint density at radius 3 is 1.45 bits per heavy atom. The molecular weight excluding hydrogens is 679 g/mol. The second-order valence-electron chi connectivity index (χ2n) is 14.4. The van der Waals surface area contributed by atoms with Gasteiger partial charge >= 0.3 is 0 Å². The topological polar surface area (TPSA) is 38.7 Å². The minimum absolute atomic E-state index is 0.996. The molecule has 11 aromatic rings. The van der Waals surface area contributed by atoms with Gasteiger partial charge in [-0.3, -0.25) is 9.97 Å². The lowest BCUT2D eigenvalue weighted by molar-refractivity contribution is 1.32. The van der Waals surface area contributed by atoms with E-state index in [1.54, 1.807) is 0 Å². The third-order valence-electron chi connectivity index (χ3n) is 11.2. The normalized spacial score (nSPS) is 11.6. The monoisotopic (exact) mass is 711 g/mol. The van der Waals surface area contributed by atoms with Crippen LogP contribution >= 0.6 is 0 Å². The molecule has 3 heterocycles. The molecule has 0 unspecified atom stereocenters. The molecule has 3 aromatic heterocycles. The molecule has 0 spiro atoms. The van der Waals surface area contributed by atoms with Crippen molar-refractivity contribution < 1.29 is 0 Å². The molecule has 0 atom stereocenters. The third kappa shape index (κ3) is 5.17. The lowest BCUT2D eigenvalue weighted by atomic mass is 9.83. The van der Waals surface area contributed by atoms with Crippen molar-refractivity contribution >= 4 is 54.0 Å². The Hall–Kier alpha value is -7.49. The van der Waals surface area contributed by atoms with Crippen LogP contribution < -0.4 is 0 Å². The first-order valence-electron chi connectivity index (χ1n) is 19.0. The van der Waals surface area contributed by atoms with E-state index in [2.05, 4.69) is 174 Å². The first-order chi connectivity index (χ1) is 27.8. The number of hydrogen-bond donors (Lipinski definition) is 0. The number of pyridine rings is 3. The van der Waals surface area contributed by atoms with E-state index in [9.17, 15) is 0 Å². The number of nitrogens with zero attached hydrogens (tertiary/aromatic N) is 3. The Kier molecular flexibility index (Phi) is 7.49. The molecule has 0 fully saturated rings. The van der Waals surface area contributed by atoms with Crippen molar-refractivity contribution in [3.8, 4) is 55.8 Å². The molecular formula is C53H33N3. The average Bonchev–Trinajstić information content (AvgIpc) is 3.28. The summed E-state index contributed by atoms with van der Waals surface area (Å²) in [7, 11) is 0. The van der Waals surface area contributed by atoms with Crippen molar-refractivity contribution in [2.24, 2.45) is 0 Å². The van der Waals surface area contributed by atoms with Gasteiger partial charge < -0.3 is 0 Å². The molecule has 0 aliphatic heterocycles. The van der Waals surface area contributed by atoms with Gasteiger partial charge in [0.15, 0.2) is 0 Å². The van der Waals surface area contributed by atoms with Gasteiger partial charge in [-0.2, -0.15) is 0 Å². The van der Waals surface area contributed by atoms with Gasteiger partial charge in [0.2, 0.25) is 0 Å². The number of aromatic nitrogens is 3. The van der Waals surface area contributed by atoms with Crippen LogP contribution in [0.5, 0.6) is 0 Å². The predicted octanol–water partition coefficient (Wildman–Crippen LogP) is 14.0. The Labute approximate surface area is 324 Å². The highest BCUT2D eigenvalue weighted by Crippen LogP contribution is 2.48. The third-order valence-corrected chi connectivity index (χ3v) is 11.2. The number of para-hydroxylation sites is 1. The average molecular weight is 712 g/mol. The predicted molar refractivity (Wildman–Crippen MR) is 235 cm³/mol. The lowest BCUT2D eigenvalue weighted by Crippen LogP contribution is -1.94. The summed E-state index contributed by atoms with van der Waals surface area (Å²) in [6.07, 6.45) is 7.54. The fourth-order valence-electron chi connectivity index (χ4n) is 8.74. The summed E-state index contributed by atoms with van der Waals surface area (Å²) in [5.41, 5.74) is 12.3. The van der Waals surface area contributed by atoms with Crippen LogP contribution in [0.2, 0.25) is 0 Å². The fraction of sp³-hybridized carbons (Fsp3) is 0. The minimum Gasteiger partial charge on any atom is -0.264 e. The molecule has 0 radical (unpaired) electrons. The molecule has 8 aromatic carbocycles. The molecule has 0 saturated heterocycles. The molecule has 0 bridgehead atoms. The zero-order valence-corrected chi connectivity index (χ0v) is 30.4. The van der Waals surface area contributed by atoms with Gasteiger partial charge in [0.25, 0.3) is 0 Å². The highest BCUT2D eigenvalue weighted by atomic mass is 14.7. The summed E-state index contributed by atoms with van der Waals surface area (Å²) in [5.74, 6) is 0. The van der Waals surface area contributed by atoms with Gasteiger partial charge in [-0.05, 0) is 102 Å². The zero-order valence-electron chi connectivity index (χ0n) is 30.4.